The van der Waals surface area contributed by atoms with Gasteiger partial charge in [0.25, 0.3) is 5.69 Å². The summed E-state index contributed by atoms with van der Waals surface area (Å²) in [6.07, 6.45) is 1.12. The fourth-order valence-electron chi connectivity index (χ4n) is 1.98. The van der Waals surface area contributed by atoms with Crippen molar-refractivity contribution in [3.05, 3.63) is 63.1 Å². The molecule has 0 aliphatic heterocycles. The summed E-state index contributed by atoms with van der Waals surface area (Å²) < 4.78 is 18.4. The van der Waals surface area contributed by atoms with E-state index in [1.54, 1.807) is 6.92 Å². The number of carbonyl (C=O) groups is 1. The molecule has 23 heavy (non-hydrogen) atoms. The third-order valence-corrected chi connectivity index (χ3v) is 3.19. The zero-order valence-corrected chi connectivity index (χ0v) is 12.5. The van der Waals surface area contributed by atoms with Crippen molar-refractivity contribution in [2.45, 2.75) is 13.5 Å². The van der Waals surface area contributed by atoms with E-state index in [1.165, 1.54) is 31.4 Å². The van der Waals surface area contributed by atoms with Gasteiger partial charge in [-0.05, 0) is 30.7 Å². The first-order chi connectivity index (χ1) is 10.9. The first kappa shape index (κ1) is 16.3. The summed E-state index contributed by atoms with van der Waals surface area (Å²) in [5.74, 6) is -0.640. The highest BCUT2D eigenvalue weighted by atomic mass is 19.1. The monoisotopic (exact) mass is 319 g/mol. The zero-order chi connectivity index (χ0) is 17.0. The molecule has 1 aromatic heterocycles. The van der Waals surface area contributed by atoms with Crippen LogP contribution < -0.4 is 5.32 Å². The smallest absolute Gasteiger partial charge is 0.337 e. The van der Waals surface area contributed by atoms with Crippen molar-refractivity contribution in [1.82, 2.24) is 4.98 Å². The van der Waals surface area contributed by atoms with E-state index < -0.39 is 16.7 Å². The Morgan fingerprint density at radius 1 is 1.43 bits per heavy atom. The van der Waals surface area contributed by atoms with Crippen molar-refractivity contribution in [2.24, 2.45) is 0 Å². The number of rotatable bonds is 5. The molecular weight excluding hydrogens is 305 g/mol. The molecule has 0 atom stereocenters. The van der Waals surface area contributed by atoms with E-state index in [-0.39, 0.29) is 23.4 Å². The molecule has 1 heterocycles. The maximum Gasteiger partial charge on any atom is 0.337 e. The predicted molar refractivity (Wildman–Crippen MR) is 80.7 cm³/mol. The number of benzene rings is 1. The number of halogens is 1. The standard InChI is InChI=1S/C15H14FN3O4/c1-9-5-12(19(21)22)8-18-14(9)17-7-11-6-10(15(20)23-2)3-4-13(11)16/h3-6,8H,7H2,1-2H3,(H,17,18). The summed E-state index contributed by atoms with van der Waals surface area (Å²) in [6.45, 7) is 1.73. The van der Waals surface area contributed by atoms with Gasteiger partial charge in [0.05, 0.1) is 17.6 Å². The van der Waals surface area contributed by atoms with Crippen molar-refractivity contribution in [3.8, 4) is 0 Å². The van der Waals surface area contributed by atoms with E-state index in [1.807, 2.05) is 0 Å². The molecule has 0 fully saturated rings. The number of methoxy groups -OCH3 is 1. The van der Waals surface area contributed by atoms with Crippen LogP contribution >= 0.6 is 0 Å². The summed E-state index contributed by atoms with van der Waals surface area (Å²) in [4.78, 5) is 25.5. The van der Waals surface area contributed by atoms with Crippen LogP contribution in [-0.2, 0) is 11.3 Å². The third kappa shape index (κ3) is 3.79. The molecule has 0 saturated heterocycles. The number of ether oxygens (including phenoxy) is 1. The van der Waals surface area contributed by atoms with Crippen LogP contribution in [0.15, 0.2) is 30.5 Å². The number of nitrogens with zero attached hydrogens (tertiary/aromatic N) is 2. The maximum absolute atomic E-state index is 13.8. The second-order valence-corrected chi connectivity index (χ2v) is 4.77. The first-order valence-electron chi connectivity index (χ1n) is 6.64. The van der Waals surface area contributed by atoms with Crippen LogP contribution in [-0.4, -0.2) is 23.0 Å². The topological polar surface area (TPSA) is 94.4 Å². The van der Waals surface area contributed by atoms with Gasteiger partial charge in [0.2, 0.25) is 0 Å². The van der Waals surface area contributed by atoms with Crippen molar-refractivity contribution in [2.75, 3.05) is 12.4 Å². The van der Waals surface area contributed by atoms with Crippen molar-refractivity contribution < 1.29 is 18.8 Å². The van der Waals surface area contributed by atoms with E-state index in [4.69, 9.17) is 0 Å². The molecule has 8 heteroatoms. The minimum Gasteiger partial charge on any atom is -0.465 e. The van der Waals surface area contributed by atoms with Crippen molar-refractivity contribution in [3.63, 3.8) is 0 Å². The number of carbonyl (C=O) groups excluding carboxylic acids is 1. The zero-order valence-electron chi connectivity index (χ0n) is 12.5. The molecule has 0 spiro atoms. The molecule has 0 aliphatic rings. The number of hydrogen-bond donors (Lipinski definition) is 1. The summed E-state index contributed by atoms with van der Waals surface area (Å²) in [7, 11) is 1.24. The lowest BCUT2D eigenvalue weighted by Crippen LogP contribution is -2.08. The van der Waals surface area contributed by atoms with Crippen LogP contribution in [0.5, 0.6) is 0 Å². The maximum atomic E-state index is 13.8. The normalized spacial score (nSPS) is 10.2. The molecule has 7 nitrogen and oxygen atoms in total. The van der Waals surface area contributed by atoms with Crippen molar-refractivity contribution in [1.29, 1.82) is 0 Å². The largest absolute Gasteiger partial charge is 0.465 e. The Hall–Kier alpha value is -3.03. The van der Waals surface area contributed by atoms with Gasteiger partial charge >= 0.3 is 5.97 Å². The molecule has 1 aromatic carbocycles. The molecule has 2 rings (SSSR count). The number of nitrogens with one attached hydrogen (secondary N) is 1. The highest BCUT2D eigenvalue weighted by Gasteiger charge is 2.12. The molecule has 1 N–H and O–H groups in total. The molecule has 2 aromatic rings. The van der Waals surface area contributed by atoms with E-state index in [2.05, 4.69) is 15.0 Å². The Labute approximate surface area is 131 Å². The lowest BCUT2D eigenvalue weighted by molar-refractivity contribution is -0.385. The predicted octanol–water partition coefficient (Wildman–Crippen LogP) is 2.84. The summed E-state index contributed by atoms with van der Waals surface area (Å²) in [5.41, 5.74) is 0.933. The van der Waals surface area contributed by atoms with Gasteiger partial charge in [-0.25, -0.2) is 14.2 Å². The average molecular weight is 319 g/mol. The Bertz CT molecular complexity index is 764. The minimum absolute atomic E-state index is 0.0717. The Balaban J connectivity index is 2.17. The number of aryl methyl sites for hydroxylation is 1. The molecule has 0 amide bonds. The quantitative estimate of drug-likeness (QED) is 0.517. The third-order valence-electron chi connectivity index (χ3n) is 3.19. The van der Waals surface area contributed by atoms with E-state index in [0.717, 1.165) is 6.20 Å². The lowest BCUT2D eigenvalue weighted by Gasteiger charge is -2.10. The lowest BCUT2D eigenvalue weighted by atomic mass is 10.1. The van der Waals surface area contributed by atoms with Crippen LogP contribution in [0, 0.1) is 22.9 Å². The molecule has 0 aliphatic carbocycles. The summed E-state index contributed by atoms with van der Waals surface area (Å²) >= 11 is 0. The van der Waals surface area contributed by atoms with Gasteiger partial charge in [0, 0.05) is 18.2 Å². The van der Waals surface area contributed by atoms with Crippen LogP contribution in [0.1, 0.15) is 21.5 Å². The second-order valence-electron chi connectivity index (χ2n) is 4.77. The number of anilines is 1. The highest BCUT2D eigenvalue weighted by Crippen LogP contribution is 2.19. The van der Waals surface area contributed by atoms with Crippen LogP contribution in [0.4, 0.5) is 15.9 Å². The molecule has 0 radical (unpaired) electrons. The van der Waals surface area contributed by atoms with Gasteiger partial charge in [-0.15, -0.1) is 0 Å². The van der Waals surface area contributed by atoms with Crippen molar-refractivity contribution >= 4 is 17.5 Å². The van der Waals surface area contributed by atoms with Gasteiger partial charge in [-0.1, -0.05) is 0 Å². The minimum atomic E-state index is -0.559. The van der Waals surface area contributed by atoms with Gasteiger partial charge in [-0.3, -0.25) is 10.1 Å². The SMILES string of the molecule is COC(=O)c1ccc(F)c(CNc2ncc([N+](=O)[O-])cc2C)c1. The number of esters is 1. The van der Waals surface area contributed by atoms with E-state index in [0.29, 0.717) is 11.4 Å². The second kappa shape index (κ2) is 6.82. The molecule has 0 bridgehead atoms. The Morgan fingerprint density at radius 2 is 2.17 bits per heavy atom. The molecular formula is C15H14FN3O4. The summed E-state index contributed by atoms with van der Waals surface area (Å²) in [6, 6.07) is 5.27. The fourth-order valence-corrected chi connectivity index (χ4v) is 1.98. The fraction of sp³-hybridized carbons (Fsp3) is 0.200. The molecule has 0 saturated carbocycles. The van der Waals surface area contributed by atoms with Gasteiger partial charge in [0.1, 0.15) is 17.8 Å². The number of aromatic nitrogens is 1. The van der Waals surface area contributed by atoms with E-state index in [9.17, 15) is 19.3 Å². The number of hydrogen-bond acceptors (Lipinski definition) is 6. The van der Waals surface area contributed by atoms with Gasteiger partial charge in [0.15, 0.2) is 0 Å². The average Bonchev–Trinajstić information content (AvgIpc) is 2.54. The Morgan fingerprint density at radius 3 is 2.78 bits per heavy atom. The van der Waals surface area contributed by atoms with Crippen LogP contribution in [0.2, 0.25) is 0 Å². The highest BCUT2D eigenvalue weighted by molar-refractivity contribution is 5.89. The number of pyridine rings is 1. The van der Waals surface area contributed by atoms with E-state index >= 15 is 0 Å². The molecule has 120 valence electrons. The van der Waals surface area contributed by atoms with Gasteiger partial charge < -0.3 is 10.1 Å². The molecule has 0 unspecified atom stereocenters. The Kier molecular flexibility index (Phi) is 4.85. The number of nitro groups is 1. The summed E-state index contributed by atoms with van der Waals surface area (Å²) in [5, 5.41) is 13.6. The van der Waals surface area contributed by atoms with Gasteiger partial charge in [-0.2, -0.15) is 0 Å². The van der Waals surface area contributed by atoms with Crippen LogP contribution in [0.3, 0.4) is 0 Å². The first-order valence-corrected chi connectivity index (χ1v) is 6.64. The van der Waals surface area contributed by atoms with Crippen LogP contribution in [0.25, 0.3) is 0 Å².